The molecule has 0 amide bonds. The van der Waals surface area contributed by atoms with E-state index in [4.69, 9.17) is 5.73 Å². The molecule has 0 saturated carbocycles. The van der Waals surface area contributed by atoms with Gasteiger partial charge in [0.15, 0.2) is 5.82 Å². The maximum Gasteiger partial charge on any atom is 0.248 e. The number of rotatable bonds is 6. The minimum Gasteiger partial charge on any atom is -0.368 e. The van der Waals surface area contributed by atoms with E-state index in [9.17, 15) is 0 Å². The normalized spacial score (nSPS) is 17.5. The molecule has 38 heavy (non-hydrogen) atoms. The maximum atomic E-state index is 6.27. The van der Waals surface area contributed by atoms with Crippen molar-refractivity contribution in [1.82, 2.24) is 35.3 Å². The van der Waals surface area contributed by atoms with E-state index < -0.39 is 0 Å². The first kappa shape index (κ1) is 24.5. The number of hydrogen-bond donors (Lipinski definition) is 3. The number of nitrogens with one attached hydrogen (secondary N) is 2. The van der Waals surface area contributed by atoms with E-state index in [2.05, 4.69) is 74.0 Å². The van der Waals surface area contributed by atoms with Crippen LogP contribution in [0.3, 0.4) is 0 Å². The van der Waals surface area contributed by atoms with Gasteiger partial charge in [0.2, 0.25) is 11.9 Å². The van der Waals surface area contributed by atoms with Crippen molar-refractivity contribution in [1.29, 1.82) is 0 Å². The van der Waals surface area contributed by atoms with Crippen molar-refractivity contribution in [3.8, 4) is 17.1 Å². The van der Waals surface area contributed by atoms with Crippen molar-refractivity contribution >= 4 is 17.6 Å². The molecular formula is C29H35N9. The molecule has 1 unspecified atom stereocenters. The van der Waals surface area contributed by atoms with Gasteiger partial charge in [0.1, 0.15) is 0 Å². The van der Waals surface area contributed by atoms with E-state index in [1.807, 2.05) is 18.3 Å². The number of pyridine rings is 1. The first-order valence-electron chi connectivity index (χ1n) is 13.8. The fourth-order valence-electron chi connectivity index (χ4n) is 5.58. The Morgan fingerprint density at radius 3 is 2.76 bits per heavy atom. The molecule has 1 aromatic carbocycles. The summed E-state index contributed by atoms with van der Waals surface area (Å²) in [4.78, 5) is 9.00. The zero-order chi connectivity index (χ0) is 26.1. The predicted molar refractivity (Wildman–Crippen MR) is 150 cm³/mol. The average molecular weight is 510 g/mol. The highest BCUT2D eigenvalue weighted by Gasteiger charge is 2.21. The molecule has 0 saturated heterocycles. The van der Waals surface area contributed by atoms with Crippen LogP contribution in [0.15, 0.2) is 42.6 Å². The summed E-state index contributed by atoms with van der Waals surface area (Å²) in [6.45, 7) is 4.50. The van der Waals surface area contributed by atoms with Crippen LogP contribution < -0.4 is 16.4 Å². The number of nitrogens with zero attached hydrogens (tertiary/aromatic N) is 6. The van der Waals surface area contributed by atoms with Gasteiger partial charge in [-0.25, -0.2) is 0 Å². The van der Waals surface area contributed by atoms with Crippen molar-refractivity contribution in [2.45, 2.75) is 77.3 Å². The smallest absolute Gasteiger partial charge is 0.248 e. The Kier molecular flexibility index (Phi) is 6.76. The molecule has 9 nitrogen and oxygen atoms in total. The second kappa shape index (κ2) is 10.5. The summed E-state index contributed by atoms with van der Waals surface area (Å²) >= 11 is 0. The van der Waals surface area contributed by atoms with E-state index in [1.165, 1.54) is 17.5 Å². The number of benzene rings is 1. The quantitative estimate of drug-likeness (QED) is 0.323. The van der Waals surface area contributed by atoms with E-state index in [1.54, 1.807) is 4.68 Å². The number of aryl methyl sites for hydroxylation is 4. The van der Waals surface area contributed by atoms with Crippen LogP contribution in [0.2, 0.25) is 0 Å². The maximum absolute atomic E-state index is 6.27. The molecule has 3 heterocycles. The summed E-state index contributed by atoms with van der Waals surface area (Å²) in [6, 6.07) is 13.7. The summed E-state index contributed by atoms with van der Waals surface area (Å²) in [7, 11) is 0. The third-order valence-electron chi connectivity index (χ3n) is 7.83. The van der Waals surface area contributed by atoms with Crippen LogP contribution in [-0.4, -0.2) is 42.0 Å². The van der Waals surface area contributed by atoms with Crippen molar-refractivity contribution < 1.29 is 0 Å². The zero-order valence-electron chi connectivity index (χ0n) is 22.1. The Balaban J connectivity index is 1.20. The van der Waals surface area contributed by atoms with Crippen LogP contribution in [0.4, 0.5) is 17.6 Å². The largest absolute Gasteiger partial charge is 0.368 e. The van der Waals surface area contributed by atoms with E-state index in [0.717, 1.165) is 73.1 Å². The third kappa shape index (κ3) is 4.98. The summed E-state index contributed by atoms with van der Waals surface area (Å²) in [5.41, 5.74) is 14.2. The number of nitrogens with two attached hydrogens (primary N) is 1. The monoisotopic (exact) mass is 509 g/mol. The minimum absolute atomic E-state index is 0.270. The fourth-order valence-corrected chi connectivity index (χ4v) is 5.58. The molecule has 0 bridgehead atoms. The van der Waals surface area contributed by atoms with Crippen molar-refractivity contribution in [3.05, 3.63) is 65.0 Å². The summed E-state index contributed by atoms with van der Waals surface area (Å²) in [5, 5.41) is 20.8. The number of nitrogen functional groups attached to an aromatic ring is 1. The topological polar surface area (TPSA) is 119 Å². The highest BCUT2D eigenvalue weighted by molar-refractivity contribution is 5.67. The van der Waals surface area contributed by atoms with E-state index in [0.29, 0.717) is 23.8 Å². The lowest BCUT2D eigenvalue weighted by Crippen LogP contribution is -2.36. The van der Waals surface area contributed by atoms with Gasteiger partial charge in [0.25, 0.3) is 0 Å². The summed E-state index contributed by atoms with van der Waals surface area (Å²) in [5.74, 6) is 1.28. The molecule has 196 valence electrons. The standard InChI is InChI=1S/C29H35N9/c1-3-18(2)32-22-12-9-19-10-14-23(16-20(19)11-13-22)33-29-34-28(30)38(37-29)26-17-21-6-4-8-25-24(7-5-15-31-25)27(21)36-35-26/h5,7,10,14-18,22,32H,3-4,6,8-9,11-13H2,1-2H3,(H3,30,33,34,37)/t18?,22-/m0/s1. The Morgan fingerprint density at radius 2 is 1.89 bits per heavy atom. The Bertz CT molecular complexity index is 1440. The van der Waals surface area contributed by atoms with E-state index >= 15 is 0 Å². The lowest BCUT2D eigenvalue weighted by Gasteiger charge is -2.20. The first-order chi connectivity index (χ1) is 18.6. The molecule has 2 aliphatic carbocycles. The van der Waals surface area contributed by atoms with Crippen molar-refractivity contribution in [2.75, 3.05) is 11.1 Å². The SMILES string of the molecule is CCC(C)N[C@H]1CCc2ccc(Nc3nc(N)n(-c4cc5c(nn4)-c4cccnc4CCC5)n3)cc2CC1. The molecule has 0 radical (unpaired) electrons. The lowest BCUT2D eigenvalue weighted by molar-refractivity contribution is 0.403. The summed E-state index contributed by atoms with van der Waals surface area (Å²) in [6.07, 6.45) is 10.3. The highest BCUT2D eigenvalue weighted by Crippen LogP contribution is 2.30. The number of fused-ring (bicyclic) bond motifs is 4. The molecular weight excluding hydrogens is 474 g/mol. The van der Waals surface area contributed by atoms with Gasteiger partial charge < -0.3 is 16.4 Å². The molecule has 2 aliphatic rings. The zero-order valence-corrected chi connectivity index (χ0v) is 22.1. The second-order valence-electron chi connectivity index (χ2n) is 10.5. The molecule has 0 spiro atoms. The molecule has 3 aromatic heterocycles. The van der Waals surface area contributed by atoms with Crippen LogP contribution >= 0.6 is 0 Å². The Morgan fingerprint density at radius 1 is 1.03 bits per heavy atom. The number of anilines is 3. The Labute approximate surface area is 223 Å². The molecule has 0 aliphatic heterocycles. The molecule has 2 atom stereocenters. The van der Waals surface area contributed by atoms with E-state index in [-0.39, 0.29) is 5.95 Å². The van der Waals surface area contributed by atoms with Crippen molar-refractivity contribution in [2.24, 2.45) is 0 Å². The van der Waals surface area contributed by atoms with Gasteiger partial charge in [0.05, 0.1) is 5.69 Å². The number of hydrogen-bond acceptors (Lipinski definition) is 8. The molecule has 6 rings (SSSR count). The third-order valence-corrected chi connectivity index (χ3v) is 7.83. The van der Waals surface area contributed by atoms with Gasteiger partial charge in [-0.2, -0.15) is 9.67 Å². The van der Waals surface area contributed by atoms with Gasteiger partial charge in [-0.15, -0.1) is 15.3 Å². The number of aromatic nitrogens is 6. The van der Waals surface area contributed by atoms with Crippen LogP contribution in [0.5, 0.6) is 0 Å². The van der Waals surface area contributed by atoms with Gasteiger partial charge in [-0.1, -0.05) is 13.0 Å². The fraction of sp³-hybridized carbons (Fsp3) is 0.414. The Hall–Kier alpha value is -3.85. The summed E-state index contributed by atoms with van der Waals surface area (Å²) < 4.78 is 1.55. The van der Waals surface area contributed by atoms with Gasteiger partial charge in [-0.3, -0.25) is 4.98 Å². The van der Waals surface area contributed by atoms with Gasteiger partial charge >= 0.3 is 0 Å². The van der Waals surface area contributed by atoms with Crippen LogP contribution in [0, 0.1) is 0 Å². The predicted octanol–water partition coefficient (Wildman–Crippen LogP) is 4.57. The molecule has 9 heteroatoms. The van der Waals surface area contributed by atoms with Crippen LogP contribution in [0.25, 0.3) is 17.1 Å². The molecule has 4 N–H and O–H groups in total. The van der Waals surface area contributed by atoms with Gasteiger partial charge in [-0.05, 0) is 105 Å². The van der Waals surface area contributed by atoms with Gasteiger partial charge in [0, 0.05) is 35.2 Å². The molecule has 0 fully saturated rings. The average Bonchev–Trinajstić information content (AvgIpc) is 3.08. The first-order valence-corrected chi connectivity index (χ1v) is 13.8. The van der Waals surface area contributed by atoms with Crippen molar-refractivity contribution in [3.63, 3.8) is 0 Å². The molecule has 4 aromatic rings. The van der Waals surface area contributed by atoms with Crippen LogP contribution in [0.1, 0.15) is 61.9 Å². The van der Waals surface area contributed by atoms with Crippen LogP contribution in [-0.2, 0) is 25.7 Å². The highest BCUT2D eigenvalue weighted by atomic mass is 15.4. The lowest BCUT2D eigenvalue weighted by atomic mass is 10.0. The minimum atomic E-state index is 0.270. The second-order valence-corrected chi connectivity index (χ2v) is 10.5.